The fourth-order valence-electron chi connectivity index (χ4n) is 1.08. The predicted octanol–water partition coefficient (Wildman–Crippen LogP) is 2.71. The third-order valence-corrected chi connectivity index (χ3v) is 1.81. The maximum atomic E-state index is 11.2. The van der Waals surface area contributed by atoms with Gasteiger partial charge in [-0.15, -0.1) is 6.58 Å². The van der Waals surface area contributed by atoms with Gasteiger partial charge >= 0.3 is 5.97 Å². The van der Waals surface area contributed by atoms with Gasteiger partial charge in [-0.2, -0.15) is 0 Å². The van der Waals surface area contributed by atoms with E-state index in [-0.39, 0.29) is 11.9 Å². The van der Waals surface area contributed by atoms with E-state index in [2.05, 4.69) is 24.3 Å². The van der Waals surface area contributed by atoms with Gasteiger partial charge < -0.3 is 4.74 Å². The maximum Gasteiger partial charge on any atom is 0.309 e. The van der Waals surface area contributed by atoms with Crippen LogP contribution in [0.15, 0.2) is 24.8 Å². The summed E-state index contributed by atoms with van der Waals surface area (Å²) in [5.74, 6) is -0.217. The van der Waals surface area contributed by atoms with Gasteiger partial charge in [0.25, 0.3) is 0 Å². The molecule has 13 heavy (non-hydrogen) atoms. The lowest BCUT2D eigenvalue weighted by molar-refractivity contribution is -0.145. The molecule has 0 aliphatic heterocycles. The van der Waals surface area contributed by atoms with E-state index < -0.39 is 0 Å². The largest absolute Gasteiger partial charge is 0.469 e. The van der Waals surface area contributed by atoms with Crippen LogP contribution in [0.2, 0.25) is 0 Å². The second-order valence-electron chi connectivity index (χ2n) is 2.86. The van der Waals surface area contributed by atoms with Crippen molar-refractivity contribution < 1.29 is 9.53 Å². The molecule has 0 aromatic heterocycles. The van der Waals surface area contributed by atoms with Crippen LogP contribution in [0, 0.1) is 5.92 Å². The standard InChI is InChI=1S/C11H18O2/c1-4-6-7-9-10(8-5-2)11(12)13-3/h5-7,10H,2,4,8-9H2,1,3H3/b7-6+. The number of hydrogen-bond donors (Lipinski definition) is 0. The number of rotatable bonds is 6. The van der Waals surface area contributed by atoms with Crippen LogP contribution in [0.4, 0.5) is 0 Å². The normalized spacial score (nSPS) is 12.8. The number of carbonyl (C=O) groups excluding carboxylic acids is 1. The molecule has 0 aromatic carbocycles. The molecule has 0 fully saturated rings. The summed E-state index contributed by atoms with van der Waals surface area (Å²) in [5, 5.41) is 0. The van der Waals surface area contributed by atoms with E-state index in [9.17, 15) is 4.79 Å². The number of carbonyl (C=O) groups is 1. The second-order valence-corrected chi connectivity index (χ2v) is 2.86. The Labute approximate surface area is 80.3 Å². The lowest BCUT2D eigenvalue weighted by atomic mass is 10.0. The van der Waals surface area contributed by atoms with E-state index in [1.165, 1.54) is 7.11 Å². The van der Waals surface area contributed by atoms with Crippen molar-refractivity contribution in [3.05, 3.63) is 24.8 Å². The van der Waals surface area contributed by atoms with Crippen molar-refractivity contribution in [1.82, 2.24) is 0 Å². The van der Waals surface area contributed by atoms with Crippen molar-refractivity contribution in [3.8, 4) is 0 Å². The number of ether oxygens (including phenoxy) is 1. The second kappa shape index (κ2) is 7.59. The van der Waals surface area contributed by atoms with E-state index in [4.69, 9.17) is 0 Å². The molecule has 0 aliphatic rings. The molecular weight excluding hydrogens is 164 g/mol. The highest BCUT2D eigenvalue weighted by molar-refractivity contribution is 5.72. The zero-order valence-electron chi connectivity index (χ0n) is 8.45. The summed E-state index contributed by atoms with van der Waals surface area (Å²) in [7, 11) is 1.42. The van der Waals surface area contributed by atoms with Gasteiger partial charge in [0.1, 0.15) is 0 Å². The molecule has 0 amide bonds. The molecule has 2 nitrogen and oxygen atoms in total. The van der Waals surface area contributed by atoms with Crippen molar-refractivity contribution in [1.29, 1.82) is 0 Å². The molecule has 0 aliphatic carbocycles. The molecule has 1 atom stereocenters. The molecule has 0 aromatic rings. The summed E-state index contributed by atoms with van der Waals surface area (Å²) in [6.45, 7) is 5.68. The Morgan fingerprint density at radius 1 is 1.46 bits per heavy atom. The van der Waals surface area contributed by atoms with Crippen LogP contribution in [-0.2, 0) is 9.53 Å². The highest BCUT2D eigenvalue weighted by Crippen LogP contribution is 2.12. The fourth-order valence-corrected chi connectivity index (χ4v) is 1.08. The molecule has 0 saturated heterocycles. The quantitative estimate of drug-likeness (QED) is 0.466. The first-order valence-corrected chi connectivity index (χ1v) is 4.60. The smallest absolute Gasteiger partial charge is 0.309 e. The number of methoxy groups -OCH3 is 1. The van der Waals surface area contributed by atoms with E-state index >= 15 is 0 Å². The highest BCUT2D eigenvalue weighted by Gasteiger charge is 2.15. The van der Waals surface area contributed by atoms with Gasteiger partial charge in [-0.25, -0.2) is 0 Å². The molecule has 0 rings (SSSR count). The maximum absolute atomic E-state index is 11.2. The number of hydrogen-bond acceptors (Lipinski definition) is 2. The number of allylic oxidation sites excluding steroid dienone is 3. The topological polar surface area (TPSA) is 26.3 Å². The number of esters is 1. The minimum Gasteiger partial charge on any atom is -0.469 e. The van der Waals surface area contributed by atoms with Crippen LogP contribution in [0.25, 0.3) is 0 Å². The zero-order valence-corrected chi connectivity index (χ0v) is 8.45. The minimum atomic E-state index is -0.152. The molecule has 0 saturated carbocycles. The van der Waals surface area contributed by atoms with Gasteiger partial charge in [0.15, 0.2) is 0 Å². The van der Waals surface area contributed by atoms with Gasteiger partial charge in [0.2, 0.25) is 0 Å². The summed E-state index contributed by atoms with van der Waals surface area (Å²) in [5.41, 5.74) is 0. The first-order chi connectivity index (χ1) is 6.26. The van der Waals surface area contributed by atoms with Gasteiger partial charge in [0, 0.05) is 0 Å². The van der Waals surface area contributed by atoms with E-state index in [1.807, 2.05) is 6.08 Å². The molecule has 0 heterocycles. The summed E-state index contributed by atoms with van der Waals surface area (Å²) in [6, 6.07) is 0. The van der Waals surface area contributed by atoms with Crippen molar-refractivity contribution in [2.24, 2.45) is 5.92 Å². The lowest BCUT2D eigenvalue weighted by Crippen LogP contribution is -2.14. The molecule has 0 spiro atoms. The van der Waals surface area contributed by atoms with Crippen LogP contribution in [0.3, 0.4) is 0 Å². The van der Waals surface area contributed by atoms with Crippen LogP contribution in [0.5, 0.6) is 0 Å². The first-order valence-electron chi connectivity index (χ1n) is 4.60. The van der Waals surface area contributed by atoms with Crippen LogP contribution in [-0.4, -0.2) is 13.1 Å². The van der Waals surface area contributed by atoms with Gasteiger partial charge in [-0.3, -0.25) is 4.79 Å². The minimum absolute atomic E-state index is 0.0645. The van der Waals surface area contributed by atoms with E-state index in [0.29, 0.717) is 6.42 Å². The van der Waals surface area contributed by atoms with Crippen molar-refractivity contribution in [3.63, 3.8) is 0 Å². The molecule has 0 N–H and O–H groups in total. The Kier molecular flexibility index (Phi) is 6.98. The van der Waals surface area contributed by atoms with E-state index in [0.717, 1.165) is 12.8 Å². The average molecular weight is 182 g/mol. The Hall–Kier alpha value is -1.05. The Bertz CT molecular complexity index is 183. The van der Waals surface area contributed by atoms with Gasteiger partial charge in [-0.1, -0.05) is 25.2 Å². The Balaban J connectivity index is 4.00. The van der Waals surface area contributed by atoms with Gasteiger partial charge in [-0.05, 0) is 19.3 Å². The fraction of sp³-hybridized carbons (Fsp3) is 0.545. The van der Waals surface area contributed by atoms with Gasteiger partial charge in [0.05, 0.1) is 13.0 Å². The molecule has 2 heteroatoms. The average Bonchev–Trinajstić information content (AvgIpc) is 2.16. The summed E-state index contributed by atoms with van der Waals surface area (Å²) in [6.07, 6.45) is 8.25. The van der Waals surface area contributed by atoms with E-state index in [1.54, 1.807) is 6.08 Å². The Morgan fingerprint density at radius 2 is 2.15 bits per heavy atom. The molecule has 1 unspecified atom stereocenters. The third kappa shape index (κ3) is 5.23. The molecule has 0 bridgehead atoms. The summed E-state index contributed by atoms with van der Waals surface area (Å²) in [4.78, 5) is 11.2. The monoisotopic (exact) mass is 182 g/mol. The molecule has 0 radical (unpaired) electrons. The summed E-state index contributed by atoms with van der Waals surface area (Å²) >= 11 is 0. The van der Waals surface area contributed by atoms with Crippen LogP contribution in [0.1, 0.15) is 26.2 Å². The summed E-state index contributed by atoms with van der Waals surface area (Å²) < 4.78 is 4.67. The molecular formula is C11H18O2. The Morgan fingerprint density at radius 3 is 2.62 bits per heavy atom. The lowest BCUT2D eigenvalue weighted by Gasteiger charge is -2.09. The van der Waals surface area contributed by atoms with Crippen molar-refractivity contribution >= 4 is 5.97 Å². The van der Waals surface area contributed by atoms with Crippen LogP contribution >= 0.6 is 0 Å². The molecule has 74 valence electrons. The predicted molar refractivity (Wildman–Crippen MR) is 54.4 cm³/mol. The highest BCUT2D eigenvalue weighted by atomic mass is 16.5. The third-order valence-electron chi connectivity index (χ3n) is 1.81. The van der Waals surface area contributed by atoms with Crippen molar-refractivity contribution in [2.75, 3.05) is 7.11 Å². The SMILES string of the molecule is C=CCC(C/C=C/CC)C(=O)OC. The van der Waals surface area contributed by atoms with Crippen molar-refractivity contribution in [2.45, 2.75) is 26.2 Å². The first kappa shape index (κ1) is 11.9. The zero-order chi connectivity index (χ0) is 10.1. The van der Waals surface area contributed by atoms with Crippen LogP contribution < -0.4 is 0 Å².